The maximum absolute atomic E-state index is 2.72. The third-order valence-electron chi connectivity index (χ3n) is 12.0. The highest BCUT2D eigenvalue weighted by Crippen LogP contribution is 2.57. The summed E-state index contributed by atoms with van der Waals surface area (Å²) in [4.78, 5) is 2.59. The zero-order valence-corrected chi connectivity index (χ0v) is 28.4. The van der Waals surface area contributed by atoms with Crippen molar-refractivity contribution in [3.05, 3.63) is 175 Å². The topological polar surface area (TPSA) is 13.1 Å². The zero-order valence-electron chi connectivity index (χ0n) is 28.4. The normalized spacial score (nSPS) is 15.3. The van der Waals surface area contributed by atoms with Crippen molar-refractivity contribution >= 4 is 72.8 Å². The number of anilines is 2. The van der Waals surface area contributed by atoms with Gasteiger partial charge in [-0.15, -0.1) is 0 Å². The predicted molar refractivity (Wildman–Crippen MR) is 215 cm³/mol. The predicted octanol–water partition coefficient (Wildman–Crippen LogP) is 11.0. The van der Waals surface area contributed by atoms with Gasteiger partial charge in [0.1, 0.15) is 0 Å². The highest BCUT2D eigenvalue weighted by molar-refractivity contribution is 6.93. The fourth-order valence-corrected chi connectivity index (χ4v) is 10.1. The summed E-state index contributed by atoms with van der Waals surface area (Å²) < 4.78 is 5.23. The van der Waals surface area contributed by atoms with Crippen LogP contribution < -0.4 is 10.4 Å². The molecule has 4 heteroatoms. The van der Waals surface area contributed by atoms with E-state index in [0.717, 1.165) is 0 Å². The molecule has 0 saturated heterocycles. The Morgan fingerprint density at radius 1 is 0.510 bits per heavy atom. The summed E-state index contributed by atoms with van der Waals surface area (Å²) in [5, 5.41) is 5.19. The Kier molecular flexibility index (Phi) is 5.13. The summed E-state index contributed by atoms with van der Waals surface area (Å²) in [6.07, 6.45) is 0. The molecule has 7 aromatic carbocycles. The van der Waals surface area contributed by atoms with Crippen LogP contribution >= 0.6 is 0 Å². The first-order valence-corrected chi connectivity index (χ1v) is 18.0. The molecule has 2 aliphatic heterocycles. The third-order valence-corrected chi connectivity index (χ3v) is 12.0. The molecule has 238 valence electrons. The highest BCUT2D eigenvalue weighted by Gasteiger charge is 2.52. The van der Waals surface area contributed by atoms with Crippen molar-refractivity contribution in [1.82, 2.24) is 9.05 Å². The molecule has 0 spiro atoms. The van der Waals surface area contributed by atoms with E-state index in [9.17, 15) is 0 Å². The quantitative estimate of drug-likeness (QED) is 0.170. The van der Waals surface area contributed by atoms with Gasteiger partial charge in [-0.1, -0.05) is 123 Å². The van der Waals surface area contributed by atoms with Crippen molar-refractivity contribution in [3.63, 3.8) is 0 Å². The van der Waals surface area contributed by atoms with Crippen LogP contribution in [0.3, 0.4) is 0 Å². The summed E-state index contributed by atoms with van der Waals surface area (Å²) in [7, 11) is 0. The van der Waals surface area contributed by atoms with Crippen molar-refractivity contribution in [3.8, 4) is 16.8 Å². The first-order valence-electron chi connectivity index (χ1n) is 18.0. The lowest BCUT2D eigenvalue weighted by atomic mass is 9.43. The molecule has 0 radical (unpaired) electrons. The number of fused-ring (bicyclic) bond motifs is 12. The standard InChI is InChI=1S/C47H32BN3/c1-47(2)37-24-12-9-22-33(37)43-46(47)50(30-18-7-4-8-19-30)40-27-15-23-34-41-44-35(31-20-10-13-25-38(31)49(44)29-16-5-3-6-17-29)28-36-32-21-11-14-26-39(32)51(45(36)41)48(43)42(34)40/h3-28H,1-2H3. The van der Waals surface area contributed by atoms with Gasteiger partial charge in [-0.05, 0) is 76.2 Å². The lowest BCUT2D eigenvalue weighted by molar-refractivity contribution is 0.625. The van der Waals surface area contributed by atoms with Gasteiger partial charge in [-0.25, -0.2) is 0 Å². The molecule has 4 heterocycles. The Morgan fingerprint density at radius 2 is 1.12 bits per heavy atom. The van der Waals surface area contributed by atoms with E-state index in [4.69, 9.17) is 0 Å². The Hall–Kier alpha value is -6.26. The summed E-state index contributed by atoms with van der Waals surface area (Å²) >= 11 is 0. The number of para-hydroxylation sites is 4. The molecule has 0 atom stereocenters. The monoisotopic (exact) mass is 649 g/mol. The molecule has 3 nitrogen and oxygen atoms in total. The molecule has 0 amide bonds. The van der Waals surface area contributed by atoms with Crippen LogP contribution in [0.1, 0.15) is 25.0 Å². The number of hydrogen-bond acceptors (Lipinski definition) is 1. The number of allylic oxidation sites excluding steroid dienone is 1. The van der Waals surface area contributed by atoms with Gasteiger partial charge in [0.15, 0.2) is 0 Å². The number of nitrogens with zero attached hydrogens (tertiary/aromatic N) is 3. The fraction of sp³-hybridized carbons (Fsp3) is 0.0638. The van der Waals surface area contributed by atoms with Crippen LogP contribution in [0.15, 0.2) is 163 Å². The molecular formula is C47H32BN3. The lowest BCUT2D eigenvalue weighted by Gasteiger charge is -2.43. The molecule has 12 rings (SSSR count). The average Bonchev–Trinajstić information content (AvgIpc) is 3.77. The molecule has 0 saturated carbocycles. The number of aromatic nitrogens is 2. The molecule has 9 aromatic rings. The van der Waals surface area contributed by atoms with E-state index in [0.29, 0.717) is 0 Å². The molecule has 0 bridgehead atoms. The maximum Gasteiger partial charge on any atom is 0.333 e. The fourth-order valence-electron chi connectivity index (χ4n) is 10.1. The van der Waals surface area contributed by atoms with Crippen molar-refractivity contribution in [2.45, 2.75) is 19.3 Å². The van der Waals surface area contributed by atoms with Gasteiger partial charge in [0.2, 0.25) is 0 Å². The number of hydrogen-bond donors (Lipinski definition) is 0. The van der Waals surface area contributed by atoms with Crippen LogP contribution in [0.5, 0.6) is 0 Å². The van der Waals surface area contributed by atoms with E-state index in [1.54, 1.807) is 0 Å². The van der Waals surface area contributed by atoms with E-state index in [1.165, 1.54) is 99.6 Å². The summed E-state index contributed by atoms with van der Waals surface area (Å²) in [5.74, 6) is 0. The van der Waals surface area contributed by atoms with E-state index < -0.39 is 0 Å². The van der Waals surface area contributed by atoms with Crippen molar-refractivity contribution in [2.24, 2.45) is 0 Å². The molecule has 51 heavy (non-hydrogen) atoms. The summed E-state index contributed by atoms with van der Waals surface area (Å²) in [6.45, 7) is 4.85. The van der Waals surface area contributed by atoms with Crippen LogP contribution in [0.2, 0.25) is 0 Å². The molecule has 0 N–H and O–H groups in total. The molecule has 0 unspecified atom stereocenters. The minimum Gasteiger partial charge on any atom is -0.375 e. The van der Waals surface area contributed by atoms with Crippen LogP contribution in [0.4, 0.5) is 11.4 Å². The third kappa shape index (κ3) is 3.27. The largest absolute Gasteiger partial charge is 0.375 e. The average molecular weight is 650 g/mol. The highest BCUT2D eigenvalue weighted by atomic mass is 15.2. The van der Waals surface area contributed by atoms with Crippen LogP contribution in [-0.4, -0.2) is 15.9 Å². The second-order valence-electron chi connectivity index (χ2n) is 14.9. The maximum atomic E-state index is 2.72. The smallest absolute Gasteiger partial charge is 0.333 e. The first-order chi connectivity index (χ1) is 25.1. The Morgan fingerprint density at radius 3 is 1.90 bits per heavy atom. The molecule has 2 aromatic heterocycles. The van der Waals surface area contributed by atoms with Crippen LogP contribution in [0, 0.1) is 0 Å². The number of rotatable bonds is 2. The number of benzene rings is 7. The van der Waals surface area contributed by atoms with E-state index in [-0.39, 0.29) is 12.3 Å². The van der Waals surface area contributed by atoms with E-state index in [1.807, 2.05) is 0 Å². The zero-order chi connectivity index (χ0) is 33.6. The Balaban J connectivity index is 1.34. The van der Waals surface area contributed by atoms with Gasteiger partial charge < -0.3 is 13.9 Å². The summed E-state index contributed by atoms with van der Waals surface area (Å²) in [5.41, 5.74) is 18.1. The second kappa shape index (κ2) is 9.50. The van der Waals surface area contributed by atoms with Gasteiger partial charge in [-0.3, -0.25) is 0 Å². The van der Waals surface area contributed by atoms with Gasteiger partial charge in [-0.2, -0.15) is 0 Å². The lowest BCUT2D eigenvalue weighted by Crippen LogP contribution is -2.50. The van der Waals surface area contributed by atoms with Crippen LogP contribution in [0.25, 0.3) is 65.9 Å². The van der Waals surface area contributed by atoms with Gasteiger partial charge >= 0.3 is 6.85 Å². The molecule has 3 aliphatic rings. The molecule has 1 aliphatic carbocycles. The summed E-state index contributed by atoms with van der Waals surface area (Å²) in [6, 6.07) is 58.7. The van der Waals surface area contributed by atoms with E-state index in [2.05, 4.69) is 186 Å². The van der Waals surface area contributed by atoms with Crippen molar-refractivity contribution < 1.29 is 0 Å². The minimum atomic E-state index is -0.207. The second-order valence-corrected chi connectivity index (χ2v) is 14.9. The van der Waals surface area contributed by atoms with E-state index >= 15 is 0 Å². The van der Waals surface area contributed by atoms with Gasteiger partial charge in [0, 0.05) is 66.3 Å². The molecule has 0 fully saturated rings. The Labute approximate surface area is 296 Å². The van der Waals surface area contributed by atoms with Gasteiger partial charge in [0.05, 0.1) is 11.0 Å². The van der Waals surface area contributed by atoms with Gasteiger partial charge in [0.25, 0.3) is 0 Å². The minimum absolute atomic E-state index is 0.0102. The Bertz CT molecular complexity index is 3000. The van der Waals surface area contributed by atoms with Crippen LogP contribution in [-0.2, 0) is 5.41 Å². The molecular weight excluding hydrogens is 617 g/mol. The first kappa shape index (κ1) is 27.6. The van der Waals surface area contributed by atoms with Crippen molar-refractivity contribution in [1.29, 1.82) is 0 Å². The van der Waals surface area contributed by atoms with Crippen molar-refractivity contribution in [2.75, 3.05) is 4.90 Å². The SMILES string of the molecule is CC1(C)C2=C(B3c4c(cccc4N2c2ccccc2)-c2c4c(cc5c6ccccc6n(-c6ccccc6)c25)c2ccccc2n43)c2ccccc21.